The molecule has 1 saturated heterocycles. The predicted molar refractivity (Wildman–Crippen MR) is 86.5 cm³/mol. The van der Waals surface area contributed by atoms with Gasteiger partial charge in [-0.25, -0.2) is 4.79 Å². The number of hydrogen-bond acceptors (Lipinski definition) is 4. The van der Waals surface area contributed by atoms with Gasteiger partial charge in [0.15, 0.2) is 0 Å². The highest BCUT2D eigenvalue weighted by atomic mass is 16.6. The van der Waals surface area contributed by atoms with E-state index in [2.05, 4.69) is 12.2 Å². The summed E-state index contributed by atoms with van der Waals surface area (Å²) in [5, 5.41) is 2.71. The number of rotatable bonds is 6. The first-order valence-electron chi connectivity index (χ1n) is 8.23. The molecular formula is C16H31N3O3. The Kier molecular flexibility index (Phi) is 7.13. The van der Waals surface area contributed by atoms with Gasteiger partial charge in [-0.3, -0.25) is 4.79 Å². The maximum Gasteiger partial charge on any atom is 0.407 e. The van der Waals surface area contributed by atoms with Gasteiger partial charge < -0.3 is 20.7 Å². The second-order valence-corrected chi connectivity index (χ2v) is 7.05. The summed E-state index contributed by atoms with van der Waals surface area (Å²) >= 11 is 0. The summed E-state index contributed by atoms with van der Waals surface area (Å²) < 4.78 is 5.15. The van der Waals surface area contributed by atoms with Crippen molar-refractivity contribution in [1.82, 2.24) is 10.2 Å². The summed E-state index contributed by atoms with van der Waals surface area (Å²) in [5.41, 5.74) is 5.50. The first-order valence-corrected chi connectivity index (χ1v) is 8.23. The molecule has 2 atom stereocenters. The third-order valence-corrected chi connectivity index (χ3v) is 3.76. The summed E-state index contributed by atoms with van der Waals surface area (Å²) in [6, 6.07) is -0.116. The highest BCUT2D eigenvalue weighted by molar-refractivity contribution is 5.82. The topological polar surface area (TPSA) is 84.7 Å². The van der Waals surface area contributed by atoms with E-state index in [4.69, 9.17) is 10.5 Å². The smallest absolute Gasteiger partial charge is 0.407 e. The van der Waals surface area contributed by atoms with Crippen molar-refractivity contribution >= 4 is 12.0 Å². The van der Waals surface area contributed by atoms with Gasteiger partial charge in [0.25, 0.3) is 0 Å². The highest BCUT2D eigenvalue weighted by Crippen LogP contribution is 2.18. The molecule has 0 radical (unpaired) electrons. The highest BCUT2D eigenvalue weighted by Gasteiger charge is 2.28. The van der Waals surface area contributed by atoms with Crippen molar-refractivity contribution < 1.29 is 14.3 Å². The maximum atomic E-state index is 12.2. The van der Waals surface area contributed by atoms with Crippen LogP contribution >= 0.6 is 0 Å². The van der Waals surface area contributed by atoms with Gasteiger partial charge in [-0.15, -0.1) is 0 Å². The van der Waals surface area contributed by atoms with Gasteiger partial charge in [-0.1, -0.05) is 0 Å². The summed E-state index contributed by atoms with van der Waals surface area (Å²) in [7, 11) is 0. The van der Waals surface area contributed by atoms with Crippen molar-refractivity contribution in [3.05, 3.63) is 0 Å². The molecule has 0 spiro atoms. The Bertz CT molecular complexity index is 379. The van der Waals surface area contributed by atoms with Gasteiger partial charge in [0.1, 0.15) is 5.60 Å². The zero-order valence-electron chi connectivity index (χ0n) is 14.4. The molecular weight excluding hydrogens is 282 g/mol. The number of carbonyl (C=O) groups is 2. The Morgan fingerprint density at radius 3 is 2.59 bits per heavy atom. The largest absolute Gasteiger partial charge is 0.444 e. The van der Waals surface area contributed by atoms with Crippen molar-refractivity contribution in [2.75, 3.05) is 13.1 Å². The number of amides is 2. The number of nitrogens with zero attached hydrogens (tertiary/aromatic N) is 1. The van der Waals surface area contributed by atoms with E-state index >= 15 is 0 Å². The van der Waals surface area contributed by atoms with Crippen LogP contribution in [0.1, 0.15) is 59.8 Å². The molecule has 1 aliphatic heterocycles. The van der Waals surface area contributed by atoms with E-state index in [1.165, 1.54) is 0 Å². The fourth-order valence-corrected chi connectivity index (χ4v) is 2.59. The molecule has 0 aromatic rings. The minimum atomic E-state index is -0.481. The fraction of sp³-hybridized carbons (Fsp3) is 0.875. The molecule has 0 aromatic heterocycles. The zero-order valence-corrected chi connectivity index (χ0v) is 14.4. The van der Waals surface area contributed by atoms with Crippen LogP contribution in [-0.2, 0) is 9.53 Å². The monoisotopic (exact) mass is 313 g/mol. The zero-order chi connectivity index (χ0) is 16.8. The molecule has 1 rings (SSSR count). The molecule has 3 N–H and O–H groups in total. The number of likely N-dealkylation sites (tertiary alicyclic amines) is 1. The number of ether oxygens (including phenoxy) is 1. The van der Waals surface area contributed by atoms with Crippen molar-refractivity contribution in [2.45, 2.75) is 77.5 Å². The second kappa shape index (κ2) is 8.36. The van der Waals surface area contributed by atoms with E-state index in [1.807, 2.05) is 25.7 Å². The molecule has 0 aromatic carbocycles. The van der Waals surface area contributed by atoms with Crippen LogP contribution in [0.3, 0.4) is 0 Å². The molecule has 1 fully saturated rings. The first kappa shape index (κ1) is 18.7. The quantitative estimate of drug-likeness (QED) is 0.735. The van der Waals surface area contributed by atoms with E-state index in [1.54, 1.807) is 0 Å². The lowest BCUT2D eigenvalue weighted by molar-refractivity contribution is -0.133. The van der Waals surface area contributed by atoms with E-state index in [0.29, 0.717) is 19.0 Å². The van der Waals surface area contributed by atoms with E-state index in [0.717, 1.165) is 32.2 Å². The number of carbonyl (C=O) groups excluding carboxylic acids is 2. The molecule has 0 unspecified atom stereocenters. The molecule has 0 bridgehead atoms. The van der Waals surface area contributed by atoms with Crippen LogP contribution in [0.5, 0.6) is 0 Å². The lowest BCUT2D eigenvalue weighted by Gasteiger charge is -2.25. The fourth-order valence-electron chi connectivity index (χ4n) is 2.59. The Morgan fingerprint density at radius 2 is 2.05 bits per heavy atom. The van der Waals surface area contributed by atoms with Crippen molar-refractivity contribution in [3.8, 4) is 0 Å². The van der Waals surface area contributed by atoms with Crippen LogP contribution in [0.25, 0.3) is 0 Å². The molecule has 1 aliphatic rings. The molecule has 128 valence electrons. The van der Waals surface area contributed by atoms with Gasteiger partial charge in [-0.2, -0.15) is 0 Å². The normalized spacial score (nSPS) is 19.9. The minimum Gasteiger partial charge on any atom is -0.444 e. The van der Waals surface area contributed by atoms with Crippen LogP contribution in [-0.4, -0.2) is 47.7 Å². The van der Waals surface area contributed by atoms with Crippen molar-refractivity contribution in [1.29, 1.82) is 0 Å². The summed E-state index contributed by atoms with van der Waals surface area (Å²) in [4.78, 5) is 25.5. The van der Waals surface area contributed by atoms with Gasteiger partial charge in [0.05, 0.1) is 6.04 Å². The molecule has 22 heavy (non-hydrogen) atoms. The van der Waals surface area contributed by atoms with Crippen LogP contribution in [0.2, 0.25) is 0 Å². The van der Waals surface area contributed by atoms with Crippen molar-refractivity contribution in [2.24, 2.45) is 5.73 Å². The average molecular weight is 313 g/mol. The second-order valence-electron chi connectivity index (χ2n) is 7.05. The van der Waals surface area contributed by atoms with Crippen LogP contribution in [0.4, 0.5) is 4.79 Å². The first-order chi connectivity index (χ1) is 10.2. The van der Waals surface area contributed by atoms with Gasteiger partial charge in [0, 0.05) is 19.1 Å². The Balaban J connectivity index is 2.14. The van der Waals surface area contributed by atoms with Gasteiger partial charge in [-0.05, 0) is 59.8 Å². The Hall–Kier alpha value is -1.30. The van der Waals surface area contributed by atoms with Crippen molar-refractivity contribution in [3.63, 3.8) is 0 Å². The Morgan fingerprint density at radius 1 is 1.36 bits per heavy atom. The maximum absolute atomic E-state index is 12.2. The third kappa shape index (κ3) is 6.64. The molecule has 2 amide bonds. The molecule has 6 nitrogen and oxygen atoms in total. The lowest BCUT2D eigenvalue weighted by Crippen LogP contribution is -2.45. The van der Waals surface area contributed by atoms with Gasteiger partial charge >= 0.3 is 6.09 Å². The van der Waals surface area contributed by atoms with E-state index in [-0.39, 0.29) is 5.91 Å². The molecule has 6 heteroatoms. The standard InChI is InChI=1S/C16H31N3O3/c1-12-8-7-11-19(12)14(20)13(17)9-5-6-10-18-15(21)22-16(2,3)4/h12-13H,5-11,17H2,1-4H3,(H,18,21)/t12-,13+/m1/s1. The average Bonchev–Trinajstić information content (AvgIpc) is 2.81. The summed E-state index contributed by atoms with van der Waals surface area (Å²) in [6.07, 6.45) is 3.98. The molecule has 1 heterocycles. The van der Waals surface area contributed by atoms with E-state index in [9.17, 15) is 9.59 Å². The summed E-state index contributed by atoms with van der Waals surface area (Å²) in [6.45, 7) is 8.93. The summed E-state index contributed by atoms with van der Waals surface area (Å²) in [5.74, 6) is 0.0603. The van der Waals surface area contributed by atoms with Gasteiger partial charge in [0.2, 0.25) is 5.91 Å². The predicted octanol–water partition coefficient (Wildman–Crippen LogP) is 2.02. The minimum absolute atomic E-state index is 0.0603. The van der Waals surface area contributed by atoms with Crippen LogP contribution in [0, 0.1) is 0 Å². The number of unbranched alkanes of at least 4 members (excludes halogenated alkanes) is 1. The lowest BCUT2D eigenvalue weighted by atomic mass is 10.1. The number of hydrogen-bond donors (Lipinski definition) is 2. The number of alkyl carbamates (subject to hydrolysis) is 1. The van der Waals surface area contributed by atoms with Crippen LogP contribution < -0.4 is 11.1 Å². The SMILES string of the molecule is C[C@@H]1CCCN1C(=O)[C@@H](N)CCCCNC(=O)OC(C)(C)C. The van der Waals surface area contributed by atoms with Crippen LogP contribution in [0.15, 0.2) is 0 Å². The molecule has 0 aliphatic carbocycles. The number of nitrogens with one attached hydrogen (secondary N) is 1. The molecule has 0 saturated carbocycles. The van der Waals surface area contributed by atoms with E-state index < -0.39 is 17.7 Å². The third-order valence-electron chi connectivity index (χ3n) is 3.76. The number of nitrogens with two attached hydrogens (primary N) is 1. The Labute approximate surface area is 133 Å².